The van der Waals surface area contributed by atoms with Crippen LogP contribution in [0.1, 0.15) is 51.4 Å². The van der Waals surface area contributed by atoms with Crippen molar-refractivity contribution >= 4 is 38.7 Å². The molecular formula is C18H24N4O3S2. The molecule has 1 atom stereocenters. The molecule has 2 heterocycles. The van der Waals surface area contributed by atoms with E-state index in [1.165, 1.54) is 17.1 Å². The van der Waals surface area contributed by atoms with E-state index in [0.29, 0.717) is 30.4 Å². The van der Waals surface area contributed by atoms with Gasteiger partial charge in [-0.15, -0.1) is 0 Å². The molecule has 0 unspecified atom stereocenters. The number of carbonyl (C=O) groups is 1. The predicted molar refractivity (Wildman–Crippen MR) is 104 cm³/mol. The second-order valence-electron chi connectivity index (χ2n) is 7.36. The van der Waals surface area contributed by atoms with Crippen LogP contribution in [0.4, 0.5) is 0 Å². The summed E-state index contributed by atoms with van der Waals surface area (Å²) in [5.74, 6) is -0.161. The summed E-state index contributed by atoms with van der Waals surface area (Å²) in [4.78, 5) is 13.0. The van der Waals surface area contributed by atoms with Crippen molar-refractivity contribution in [1.82, 2.24) is 18.4 Å². The Morgan fingerprint density at radius 2 is 1.85 bits per heavy atom. The van der Waals surface area contributed by atoms with E-state index in [0.717, 1.165) is 37.4 Å². The largest absolute Gasteiger partial charge is 0.352 e. The molecule has 4 rings (SSSR count). The van der Waals surface area contributed by atoms with Gasteiger partial charge in [0, 0.05) is 12.6 Å². The number of carbonyl (C=O) groups excluding carboxylic acids is 1. The van der Waals surface area contributed by atoms with Crippen LogP contribution in [0.25, 0.3) is 11.0 Å². The van der Waals surface area contributed by atoms with Crippen molar-refractivity contribution in [2.75, 3.05) is 6.54 Å². The molecule has 2 aliphatic rings. The van der Waals surface area contributed by atoms with Gasteiger partial charge in [0.05, 0.1) is 11.7 Å². The molecule has 1 amide bonds. The summed E-state index contributed by atoms with van der Waals surface area (Å²) in [6.45, 7) is 0.360. The third kappa shape index (κ3) is 3.72. The summed E-state index contributed by atoms with van der Waals surface area (Å²) in [6.07, 6.45) is 7.87. The minimum Gasteiger partial charge on any atom is -0.352 e. The van der Waals surface area contributed by atoms with E-state index < -0.39 is 16.1 Å². The van der Waals surface area contributed by atoms with E-state index in [1.807, 2.05) is 0 Å². The fraction of sp³-hybridized carbons (Fsp3) is 0.611. The van der Waals surface area contributed by atoms with E-state index in [9.17, 15) is 13.2 Å². The molecule has 0 radical (unpaired) electrons. The van der Waals surface area contributed by atoms with Gasteiger partial charge < -0.3 is 5.32 Å². The Morgan fingerprint density at radius 3 is 2.63 bits per heavy atom. The summed E-state index contributed by atoms with van der Waals surface area (Å²) in [5, 5.41) is 3.12. The first kappa shape index (κ1) is 18.8. The highest BCUT2D eigenvalue weighted by atomic mass is 32.2. The van der Waals surface area contributed by atoms with Crippen LogP contribution in [0.2, 0.25) is 0 Å². The van der Waals surface area contributed by atoms with Crippen LogP contribution in [0.15, 0.2) is 23.1 Å². The molecule has 146 valence electrons. The van der Waals surface area contributed by atoms with Gasteiger partial charge in [0.25, 0.3) is 0 Å². The molecule has 1 aromatic heterocycles. The van der Waals surface area contributed by atoms with Crippen molar-refractivity contribution in [3.63, 3.8) is 0 Å². The van der Waals surface area contributed by atoms with Gasteiger partial charge in [0.2, 0.25) is 15.9 Å². The molecule has 2 fully saturated rings. The smallest absolute Gasteiger partial charge is 0.246 e. The van der Waals surface area contributed by atoms with Gasteiger partial charge in [-0.05, 0) is 37.8 Å². The lowest BCUT2D eigenvalue weighted by molar-refractivity contribution is -0.125. The summed E-state index contributed by atoms with van der Waals surface area (Å²) in [7, 11) is -3.80. The Kier molecular flexibility index (Phi) is 5.43. The topological polar surface area (TPSA) is 92.3 Å². The fourth-order valence-electron chi connectivity index (χ4n) is 4.13. The fourth-order valence-corrected chi connectivity index (χ4v) is 6.54. The monoisotopic (exact) mass is 408 g/mol. The van der Waals surface area contributed by atoms with Gasteiger partial charge in [-0.2, -0.15) is 13.1 Å². The number of rotatable bonds is 4. The number of sulfonamides is 1. The number of benzene rings is 1. The summed E-state index contributed by atoms with van der Waals surface area (Å²) in [5.41, 5.74) is 0.956. The molecule has 1 aliphatic heterocycles. The normalized spacial score (nSPS) is 22.7. The van der Waals surface area contributed by atoms with Crippen LogP contribution in [0, 0.1) is 0 Å². The van der Waals surface area contributed by atoms with Crippen LogP contribution < -0.4 is 5.32 Å². The molecule has 9 heteroatoms. The second-order valence-corrected chi connectivity index (χ2v) is 9.75. The Hall–Kier alpha value is -1.58. The third-order valence-corrected chi connectivity index (χ3v) is 8.03. The maximum absolute atomic E-state index is 13.3. The first-order valence-corrected chi connectivity index (χ1v) is 11.8. The zero-order valence-corrected chi connectivity index (χ0v) is 16.8. The average molecular weight is 409 g/mol. The molecule has 1 aliphatic carbocycles. The van der Waals surface area contributed by atoms with Gasteiger partial charge in [0.1, 0.15) is 22.0 Å². The molecular weight excluding hydrogens is 384 g/mol. The molecule has 0 bridgehead atoms. The number of nitrogens with zero attached hydrogens (tertiary/aromatic N) is 3. The number of hydrogen-bond acceptors (Lipinski definition) is 6. The standard InChI is InChI=1S/C18H24N4O3S2/c23-18(19-13-7-3-1-2-4-8-13)15-10-6-12-22(15)27(24,25)16-11-5-9-14-17(16)21-26-20-14/h5,9,11,13,15H,1-4,6-8,10,12H2,(H,19,23)/t15-/m1/s1. The van der Waals surface area contributed by atoms with Gasteiger partial charge in [0.15, 0.2) is 0 Å². The Morgan fingerprint density at radius 1 is 1.07 bits per heavy atom. The molecule has 1 saturated heterocycles. The highest BCUT2D eigenvalue weighted by Crippen LogP contribution is 2.30. The highest BCUT2D eigenvalue weighted by Gasteiger charge is 2.40. The van der Waals surface area contributed by atoms with Crippen molar-refractivity contribution in [2.24, 2.45) is 0 Å². The van der Waals surface area contributed by atoms with Crippen LogP contribution in [0.5, 0.6) is 0 Å². The summed E-state index contributed by atoms with van der Waals surface area (Å²) in [6, 6.07) is 4.50. The maximum Gasteiger partial charge on any atom is 0.246 e. The zero-order valence-electron chi connectivity index (χ0n) is 15.1. The lowest BCUT2D eigenvalue weighted by Gasteiger charge is -2.25. The van der Waals surface area contributed by atoms with Crippen molar-refractivity contribution in [2.45, 2.75) is 68.3 Å². The number of aromatic nitrogens is 2. The Bertz CT molecular complexity index is 920. The quantitative estimate of drug-likeness (QED) is 0.785. The lowest BCUT2D eigenvalue weighted by atomic mass is 10.1. The minimum atomic E-state index is -3.80. The molecule has 0 spiro atoms. The van der Waals surface area contributed by atoms with Crippen LogP contribution in [-0.4, -0.2) is 46.0 Å². The van der Waals surface area contributed by atoms with Crippen LogP contribution in [0.3, 0.4) is 0 Å². The van der Waals surface area contributed by atoms with Gasteiger partial charge in [-0.1, -0.05) is 31.7 Å². The molecule has 2 aromatic rings. The van der Waals surface area contributed by atoms with E-state index in [2.05, 4.69) is 14.1 Å². The van der Waals surface area contributed by atoms with Crippen LogP contribution in [-0.2, 0) is 14.8 Å². The van der Waals surface area contributed by atoms with Crippen LogP contribution >= 0.6 is 11.7 Å². The van der Waals surface area contributed by atoms with E-state index >= 15 is 0 Å². The summed E-state index contributed by atoms with van der Waals surface area (Å²) >= 11 is 0.996. The zero-order chi connectivity index (χ0) is 18.9. The SMILES string of the molecule is O=C(NC1CCCCCC1)[C@H]1CCCN1S(=O)(=O)c1cccc2nsnc12. The highest BCUT2D eigenvalue weighted by molar-refractivity contribution is 7.89. The average Bonchev–Trinajstić information content (AvgIpc) is 3.27. The van der Waals surface area contributed by atoms with Gasteiger partial charge >= 0.3 is 0 Å². The third-order valence-electron chi connectivity index (χ3n) is 5.54. The Balaban J connectivity index is 1.56. The second kappa shape index (κ2) is 7.81. The maximum atomic E-state index is 13.3. The van der Waals surface area contributed by atoms with Crippen molar-refractivity contribution in [1.29, 1.82) is 0 Å². The van der Waals surface area contributed by atoms with Crippen molar-refractivity contribution < 1.29 is 13.2 Å². The van der Waals surface area contributed by atoms with E-state index in [4.69, 9.17) is 0 Å². The number of nitrogens with one attached hydrogen (secondary N) is 1. The number of amides is 1. The molecule has 1 N–H and O–H groups in total. The Labute approximate surface area is 163 Å². The summed E-state index contributed by atoms with van der Waals surface area (Å²) < 4.78 is 36.2. The number of fused-ring (bicyclic) bond motifs is 1. The lowest BCUT2D eigenvalue weighted by Crippen LogP contribution is -2.48. The van der Waals surface area contributed by atoms with Crippen molar-refractivity contribution in [3.05, 3.63) is 18.2 Å². The first-order valence-electron chi connectivity index (χ1n) is 9.61. The van der Waals surface area contributed by atoms with Crippen molar-refractivity contribution in [3.8, 4) is 0 Å². The molecule has 1 aromatic carbocycles. The van der Waals surface area contributed by atoms with E-state index in [1.54, 1.807) is 18.2 Å². The molecule has 7 nitrogen and oxygen atoms in total. The molecule has 1 saturated carbocycles. The molecule has 27 heavy (non-hydrogen) atoms. The minimum absolute atomic E-state index is 0.142. The van der Waals surface area contributed by atoms with E-state index in [-0.39, 0.29) is 16.8 Å². The predicted octanol–water partition coefficient (Wildman–Crippen LogP) is 2.68. The van der Waals surface area contributed by atoms with Gasteiger partial charge in [-0.3, -0.25) is 4.79 Å². The first-order chi connectivity index (χ1) is 13.1. The number of hydrogen-bond donors (Lipinski definition) is 1. The van der Waals surface area contributed by atoms with Gasteiger partial charge in [-0.25, -0.2) is 8.42 Å².